The summed E-state index contributed by atoms with van der Waals surface area (Å²) < 4.78 is 75.1. The lowest BCUT2D eigenvalue weighted by atomic mass is 9.85. The molecule has 22 heavy (non-hydrogen) atoms. The zero-order chi connectivity index (χ0) is 16.5. The number of carbonyl (C=O) groups excluding carboxylic acids is 1. The Balaban J connectivity index is 1.85. The van der Waals surface area contributed by atoms with Gasteiger partial charge in [-0.1, -0.05) is 6.42 Å². The van der Waals surface area contributed by atoms with Crippen LogP contribution in [0.25, 0.3) is 0 Å². The van der Waals surface area contributed by atoms with Crippen LogP contribution in [0, 0.1) is 5.92 Å². The van der Waals surface area contributed by atoms with E-state index in [1.165, 1.54) is 0 Å². The molecule has 1 aliphatic carbocycles. The maximum absolute atomic E-state index is 12.7. The summed E-state index contributed by atoms with van der Waals surface area (Å²) in [6, 6.07) is -0.907. The van der Waals surface area contributed by atoms with Gasteiger partial charge in [0.05, 0.1) is 5.92 Å². The van der Waals surface area contributed by atoms with Gasteiger partial charge in [-0.2, -0.15) is 26.3 Å². The van der Waals surface area contributed by atoms with Crippen molar-refractivity contribution < 1.29 is 31.1 Å². The molecule has 1 saturated carbocycles. The van der Waals surface area contributed by atoms with E-state index in [1.807, 2.05) is 0 Å². The van der Waals surface area contributed by atoms with Gasteiger partial charge in [0.15, 0.2) is 0 Å². The molecule has 3 unspecified atom stereocenters. The highest BCUT2D eigenvalue weighted by molar-refractivity contribution is 5.79. The number of hydrogen-bond donors (Lipinski definition) is 1. The minimum Gasteiger partial charge on any atom is -0.332 e. The molecule has 1 N–H and O–H groups in total. The summed E-state index contributed by atoms with van der Waals surface area (Å²) >= 11 is 0. The molecular formula is C13H18F6N2O. The Hall–Kier alpha value is -0.990. The van der Waals surface area contributed by atoms with Crippen molar-refractivity contribution in [1.82, 2.24) is 10.2 Å². The molecule has 0 bridgehead atoms. The normalized spacial score (nSPS) is 30.9. The van der Waals surface area contributed by atoms with Crippen LogP contribution in [-0.4, -0.2) is 48.3 Å². The predicted octanol–water partition coefficient (Wildman–Crippen LogP) is 2.86. The predicted molar refractivity (Wildman–Crippen MR) is 66.0 cm³/mol. The number of halogens is 6. The van der Waals surface area contributed by atoms with Crippen LogP contribution >= 0.6 is 0 Å². The molecule has 0 radical (unpaired) electrons. The third kappa shape index (κ3) is 4.76. The summed E-state index contributed by atoms with van der Waals surface area (Å²) in [6.07, 6.45) is -7.81. The number of nitrogens with zero attached hydrogens (tertiary/aromatic N) is 1. The summed E-state index contributed by atoms with van der Waals surface area (Å²) in [4.78, 5) is 12.2. The molecule has 3 atom stereocenters. The first-order valence-corrected chi connectivity index (χ1v) is 7.22. The van der Waals surface area contributed by atoms with Gasteiger partial charge in [0.25, 0.3) is 0 Å². The molecular weight excluding hydrogens is 314 g/mol. The van der Waals surface area contributed by atoms with E-state index in [9.17, 15) is 31.1 Å². The monoisotopic (exact) mass is 332 g/mol. The lowest BCUT2D eigenvalue weighted by Crippen LogP contribution is -2.45. The van der Waals surface area contributed by atoms with Gasteiger partial charge >= 0.3 is 12.4 Å². The Morgan fingerprint density at radius 1 is 1.09 bits per heavy atom. The molecule has 0 aromatic rings. The fourth-order valence-electron chi connectivity index (χ4n) is 3.22. The number of likely N-dealkylation sites (tertiary alicyclic amines) is 1. The van der Waals surface area contributed by atoms with Gasteiger partial charge in [0.2, 0.25) is 5.91 Å². The van der Waals surface area contributed by atoms with Crippen LogP contribution in [0.2, 0.25) is 0 Å². The summed E-state index contributed by atoms with van der Waals surface area (Å²) in [5.74, 6) is -1.99. The van der Waals surface area contributed by atoms with Crippen LogP contribution in [0.1, 0.15) is 32.1 Å². The number of nitrogens with one attached hydrogen (secondary N) is 1. The summed E-state index contributed by atoms with van der Waals surface area (Å²) in [5, 5.41) is 2.94. The van der Waals surface area contributed by atoms with Crippen molar-refractivity contribution in [3.8, 4) is 0 Å². The van der Waals surface area contributed by atoms with Gasteiger partial charge in [0, 0.05) is 25.0 Å². The van der Waals surface area contributed by atoms with Crippen molar-refractivity contribution in [2.45, 2.75) is 56.5 Å². The second kappa shape index (κ2) is 6.25. The maximum Gasteiger partial charge on any atom is 0.406 e. The van der Waals surface area contributed by atoms with Crippen molar-refractivity contribution >= 4 is 5.91 Å². The number of rotatable bonds is 3. The summed E-state index contributed by atoms with van der Waals surface area (Å²) in [5.41, 5.74) is 0. The highest BCUT2D eigenvalue weighted by atomic mass is 19.4. The second-order valence-electron chi connectivity index (χ2n) is 6.06. The molecule has 2 rings (SSSR count). The zero-order valence-electron chi connectivity index (χ0n) is 11.8. The third-order valence-corrected chi connectivity index (χ3v) is 4.19. The Bertz CT molecular complexity index is 408. The van der Waals surface area contributed by atoms with E-state index >= 15 is 0 Å². The first-order valence-electron chi connectivity index (χ1n) is 7.22. The fraction of sp³-hybridized carbons (Fsp3) is 0.923. The first kappa shape index (κ1) is 17.4. The number of carbonyl (C=O) groups is 1. The quantitative estimate of drug-likeness (QED) is 0.806. The van der Waals surface area contributed by atoms with E-state index in [0.717, 1.165) is 0 Å². The van der Waals surface area contributed by atoms with E-state index in [2.05, 4.69) is 5.32 Å². The summed E-state index contributed by atoms with van der Waals surface area (Å²) in [7, 11) is 0. The molecule has 2 fully saturated rings. The van der Waals surface area contributed by atoms with Gasteiger partial charge in [-0.15, -0.1) is 0 Å². The minimum absolute atomic E-state index is 0.0759. The Morgan fingerprint density at radius 2 is 1.77 bits per heavy atom. The standard InChI is InChI=1S/C13H18F6N2O/c14-12(15,16)7-21-6-10(5-11(21)22)20-9-3-1-2-8(4-9)13(17,18)19/h8-10,20H,1-7H2. The Morgan fingerprint density at radius 3 is 2.36 bits per heavy atom. The SMILES string of the molecule is O=C1CC(NC2CCCC(C(F)(F)F)C2)CN1CC(F)(F)F. The smallest absolute Gasteiger partial charge is 0.332 e. The lowest BCUT2D eigenvalue weighted by molar-refractivity contribution is -0.183. The molecule has 0 aromatic heterocycles. The topological polar surface area (TPSA) is 32.3 Å². The van der Waals surface area contributed by atoms with Crippen LogP contribution < -0.4 is 5.32 Å². The van der Waals surface area contributed by atoms with E-state index in [4.69, 9.17) is 0 Å². The van der Waals surface area contributed by atoms with Crippen LogP contribution in [0.15, 0.2) is 0 Å². The number of hydrogen-bond acceptors (Lipinski definition) is 2. The molecule has 2 aliphatic rings. The molecule has 0 aromatic carbocycles. The van der Waals surface area contributed by atoms with Gasteiger partial charge < -0.3 is 10.2 Å². The highest BCUT2D eigenvalue weighted by Crippen LogP contribution is 2.37. The zero-order valence-corrected chi connectivity index (χ0v) is 11.8. The largest absolute Gasteiger partial charge is 0.406 e. The average molecular weight is 332 g/mol. The van der Waals surface area contributed by atoms with Gasteiger partial charge in [-0.25, -0.2) is 0 Å². The van der Waals surface area contributed by atoms with Gasteiger partial charge in [0.1, 0.15) is 6.54 Å². The van der Waals surface area contributed by atoms with E-state index < -0.39 is 42.8 Å². The Kier molecular flexibility index (Phi) is 4.93. The molecule has 9 heteroatoms. The molecule has 1 amide bonds. The maximum atomic E-state index is 12.7. The highest BCUT2D eigenvalue weighted by Gasteiger charge is 2.43. The first-order chi connectivity index (χ1) is 10.0. The summed E-state index contributed by atoms with van der Waals surface area (Å²) in [6.45, 7) is -1.41. The van der Waals surface area contributed by atoms with Crippen LogP contribution in [0.4, 0.5) is 26.3 Å². The molecule has 1 aliphatic heterocycles. The van der Waals surface area contributed by atoms with Gasteiger partial charge in [-0.05, 0) is 19.3 Å². The van der Waals surface area contributed by atoms with Crippen LogP contribution in [0.3, 0.4) is 0 Å². The molecule has 3 nitrogen and oxygen atoms in total. The van der Waals surface area contributed by atoms with Crippen molar-refractivity contribution in [3.05, 3.63) is 0 Å². The van der Waals surface area contributed by atoms with Crippen molar-refractivity contribution in [2.75, 3.05) is 13.1 Å². The van der Waals surface area contributed by atoms with Crippen LogP contribution in [0.5, 0.6) is 0 Å². The van der Waals surface area contributed by atoms with Crippen molar-refractivity contribution in [1.29, 1.82) is 0 Å². The number of alkyl halides is 6. The molecule has 128 valence electrons. The average Bonchev–Trinajstić information content (AvgIpc) is 2.66. The minimum atomic E-state index is -4.46. The van der Waals surface area contributed by atoms with Crippen molar-refractivity contribution in [3.63, 3.8) is 0 Å². The Labute approximate surface area is 124 Å². The van der Waals surface area contributed by atoms with Gasteiger partial charge in [-0.3, -0.25) is 4.79 Å². The van der Waals surface area contributed by atoms with Crippen molar-refractivity contribution in [2.24, 2.45) is 5.92 Å². The molecule has 1 saturated heterocycles. The van der Waals surface area contributed by atoms with E-state index in [-0.39, 0.29) is 25.8 Å². The number of amides is 1. The molecule has 1 heterocycles. The lowest BCUT2D eigenvalue weighted by Gasteiger charge is -2.32. The fourth-order valence-corrected chi connectivity index (χ4v) is 3.22. The van der Waals surface area contributed by atoms with Crippen LogP contribution in [-0.2, 0) is 4.79 Å². The third-order valence-electron chi connectivity index (χ3n) is 4.19. The molecule has 0 spiro atoms. The second-order valence-corrected chi connectivity index (χ2v) is 6.06. The van der Waals surface area contributed by atoms with E-state index in [0.29, 0.717) is 17.7 Å². The van der Waals surface area contributed by atoms with E-state index in [1.54, 1.807) is 0 Å².